The third kappa shape index (κ3) is 4.62. The van der Waals surface area contributed by atoms with Gasteiger partial charge in [0.25, 0.3) is 5.91 Å². The number of benzene rings is 1. The van der Waals surface area contributed by atoms with E-state index in [1.165, 1.54) is 17.0 Å². The van der Waals surface area contributed by atoms with Crippen LogP contribution in [-0.4, -0.2) is 40.0 Å². The summed E-state index contributed by atoms with van der Waals surface area (Å²) in [4.78, 5) is 13.8. The van der Waals surface area contributed by atoms with Crippen molar-refractivity contribution in [2.24, 2.45) is 16.8 Å². The zero-order valence-corrected chi connectivity index (χ0v) is 12.1. The molecule has 0 saturated heterocycles. The van der Waals surface area contributed by atoms with Crippen molar-refractivity contribution in [2.75, 3.05) is 13.1 Å². The fourth-order valence-corrected chi connectivity index (χ4v) is 1.90. The summed E-state index contributed by atoms with van der Waals surface area (Å²) in [5.41, 5.74) is 5.03. The first-order valence-electron chi connectivity index (χ1n) is 6.60. The number of nitrogens with zero attached hydrogens (tertiary/aromatic N) is 2. The van der Waals surface area contributed by atoms with Crippen molar-refractivity contribution in [3.05, 3.63) is 29.6 Å². The maximum absolute atomic E-state index is 13.8. The highest BCUT2D eigenvalue weighted by molar-refractivity contribution is 5.97. The smallest absolute Gasteiger partial charge is 0.260 e. The standard InChI is InChI=1S/C14H20FN3O3/c1-9(2)8-18(7-6-12(16)17-21)14(20)13-10(15)4-3-5-11(13)19/h3-5,9,19,21H,6-8H2,1-2H3,(H2,16,17). The SMILES string of the molecule is CC(C)CN(CC/C(N)=N/O)C(=O)c1c(O)cccc1F. The molecule has 0 aliphatic rings. The predicted octanol–water partition coefficient (Wildman–Crippen LogP) is 1.77. The number of amidine groups is 1. The van der Waals surface area contributed by atoms with Crippen LogP contribution in [-0.2, 0) is 0 Å². The van der Waals surface area contributed by atoms with Crippen molar-refractivity contribution in [3.63, 3.8) is 0 Å². The van der Waals surface area contributed by atoms with Gasteiger partial charge in [-0.3, -0.25) is 4.79 Å². The number of hydrogen-bond donors (Lipinski definition) is 3. The summed E-state index contributed by atoms with van der Waals surface area (Å²) in [6, 6.07) is 3.70. The van der Waals surface area contributed by atoms with Crippen molar-refractivity contribution in [2.45, 2.75) is 20.3 Å². The molecule has 0 atom stereocenters. The summed E-state index contributed by atoms with van der Waals surface area (Å²) >= 11 is 0. The molecule has 116 valence electrons. The average Bonchev–Trinajstić information content (AvgIpc) is 2.42. The summed E-state index contributed by atoms with van der Waals surface area (Å²) in [6.45, 7) is 4.35. The van der Waals surface area contributed by atoms with Gasteiger partial charge in [0.15, 0.2) is 0 Å². The van der Waals surface area contributed by atoms with E-state index in [0.717, 1.165) is 6.07 Å². The molecule has 1 aromatic carbocycles. The first-order chi connectivity index (χ1) is 9.86. The maximum Gasteiger partial charge on any atom is 0.260 e. The van der Waals surface area contributed by atoms with Crippen molar-refractivity contribution in [3.8, 4) is 5.75 Å². The van der Waals surface area contributed by atoms with Crippen LogP contribution in [0.5, 0.6) is 5.75 Å². The number of phenolic OH excluding ortho intramolecular Hbond substituents is 1. The van der Waals surface area contributed by atoms with Crippen molar-refractivity contribution < 1.29 is 19.5 Å². The maximum atomic E-state index is 13.8. The number of rotatable bonds is 6. The Labute approximate surface area is 122 Å². The minimum atomic E-state index is -0.780. The molecule has 0 fully saturated rings. The highest BCUT2D eigenvalue weighted by Gasteiger charge is 2.23. The summed E-state index contributed by atoms with van der Waals surface area (Å²) in [5, 5.41) is 21.1. The summed E-state index contributed by atoms with van der Waals surface area (Å²) < 4.78 is 13.8. The predicted molar refractivity (Wildman–Crippen MR) is 76.8 cm³/mol. The number of aromatic hydroxyl groups is 1. The summed E-state index contributed by atoms with van der Waals surface area (Å²) in [5.74, 6) is -1.68. The van der Waals surface area contributed by atoms with Gasteiger partial charge in [-0.05, 0) is 18.1 Å². The number of phenols is 1. The number of nitrogens with two attached hydrogens (primary N) is 1. The van der Waals surface area contributed by atoms with Gasteiger partial charge in [0.2, 0.25) is 0 Å². The summed E-state index contributed by atoms with van der Waals surface area (Å²) in [7, 11) is 0. The molecule has 0 saturated carbocycles. The second-order valence-electron chi connectivity index (χ2n) is 5.12. The van der Waals surface area contributed by atoms with E-state index in [0.29, 0.717) is 6.54 Å². The van der Waals surface area contributed by atoms with Crippen LogP contribution in [0, 0.1) is 11.7 Å². The normalized spacial score (nSPS) is 11.7. The molecular formula is C14H20FN3O3. The molecule has 1 rings (SSSR count). The van der Waals surface area contributed by atoms with Gasteiger partial charge in [-0.25, -0.2) is 4.39 Å². The molecule has 0 heterocycles. The quantitative estimate of drug-likeness (QED) is 0.322. The molecule has 1 aromatic rings. The third-order valence-corrected chi connectivity index (χ3v) is 2.84. The fraction of sp³-hybridized carbons (Fsp3) is 0.429. The lowest BCUT2D eigenvalue weighted by atomic mass is 10.1. The Kier molecular flexibility index (Phi) is 5.95. The van der Waals surface area contributed by atoms with Crippen LogP contribution < -0.4 is 5.73 Å². The van der Waals surface area contributed by atoms with Crippen molar-refractivity contribution in [1.29, 1.82) is 0 Å². The molecule has 0 aliphatic heterocycles. The van der Waals surface area contributed by atoms with Gasteiger partial charge in [-0.1, -0.05) is 25.1 Å². The van der Waals surface area contributed by atoms with Gasteiger partial charge in [0.05, 0.1) is 0 Å². The van der Waals surface area contributed by atoms with Gasteiger partial charge in [-0.15, -0.1) is 0 Å². The minimum Gasteiger partial charge on any atom is -0.507 e. The van der Waals surface area contributed by atoms with E-state index >= 15 is 0 Å². The highest BCUT2D eigenvalue weighted by atomic mass is 19.1. The van der Waals surface area contributed by atoms with E-state index < -0.39 is 17.5 Å². The van der Waals surface area contributed by atoms with Gasteiger partial charge in [0, 0.05) is 19.5 Å². The molecule has 6 nitrogen and oxygen atoms in total. The molecule has 7 heteroatoms. The molecule has 0 radical (unpaired) electrons. The number of carbonyl (C=O) groups excluding carboxylic acids is 1. The Morgan fingerprint density at radius 1 is 1.48 bits per heavy atom. The zero-order valence-electron chi connectivity index (χ0n) is 12.1. The first-order valence-corrected chi connectivity index (χ1v) is 6.60. The van der Waals surface area contributed by atoms with Crippen molar-refractivity contribution in [1.82, 2.24) is 4.90 Å². The number of hydrogen-bond acceptors (Lipinski definition) is 4. The second-order valence-corrected chi connectivity index (χ2v) is 5.12. The number of carbonyl (C=O) groups is 1. The monoisotopic (exact) mass is 297 g/mol. The van der Waals surface area contributed by atoms with Crippen LogP contribution >= 0.6 is 0 Å². The number of oxime groups is 1. The van der Waals surface area contributed by atoms with Crippen LogP contribution in [0.4, 0.5) is 4.39 Å². The van der Waals surface area contributed by atoms with Crippen LogP contribution in [0.1, 0.15) is 30.6 Å². The zero-order chi connectivity index (χ0) is 16.0. The Morgan fingerprint density at radius 3 is 2.67 bits per heavy atom. The van der Waals surface area contributed by atoms with E-state index in [2.05, 4.69) is 5.16 Å². The lowest BCUT2D eigenvalue weighted by molar-refractivity contribution is 0.0732. The van der Waals surface area contributed by atoms with Crippen LogP contribution in [0.25, 0.3) is 0 Å². The van der Waals surface area contributed by atoms with Gasteiger partial charge in [0.1, 0.15) is 23.0 Å². The molecule has 0 aromatic heterocycles. The van der Waals surface area contributed by atoms with Crippen LogP contribution in [0.3, 0.4) is 0 Å². The minimum absolute atomic E-state index is 0.0192. The van der Waals surface area contributed by atoms with E-state index in [4.69, 9.17) is 10.9 Å². The molecule has 4 N–H and O–H groups in total. The lowest BCUT2D eigenvalue weighted by Gasteiger charge is -2.25. The average molecular weight is 297 g/mol. The highest BCUT2D eigenvalue weighted by Crippen LogP contribution is 2.22. The second kappa shape index (κ2) is 7.47. The van der Waals surface area contributed by atoms with Gasteiger partial charge < -0.3 is 20.9 Å². The molecular weight excluding hydrogens is 277 g/mol. The number of halogens is 1. The Hall–Kier alpha value is -2.31. The Balaban J connectivity index is 2.99. The van der Waals surface area contributed by atoms with E-state index in [-0.39, 0.29) is 30.3 Å². The van der Waals surface area contributed by atoms with Crippen LogP contribution in [0.2, 0.25) is 0 Å². The number of amides is 1. The van der Waals surface area contributed by atoms with Gasteiger partial charge in [-0.2, -0.15) is 0 Å². The molecule has 0 bridgehead atoms. The Bertz CT molecular complexity index is 512. The molecule has 21 heavy (non-hydrogen) atoms. The first kappa shape index (κ1) is 16.7. The van der Waals surface area contributed by atoms with E-state index in [1.807, 2.05) is 13.8 Å². The van der Waals surface area contributed by atoms with E-state index in [9.17, 15) is 14.3 Å². The fourth-order valence-electron chi connectivity index (χ4n) is 1.90. The summed E-state index contributed by atoms with van der Waals surface area (Å²) in [6.07, 6.45) is 0.157. The molecule has 1 amide bonds. The van der Waals surface area contributed by atoms with E-state index in [1.54, 1.807) is 0 Å². The van der Waals surface area contributed by atoms with Gasteiger partial charge >= 0.3 is 0 Å². The molecule has 0 spiro atoms. The third-order valence-electron chi connectivity index (χ3n) is 2.84. The topological polar surface area (TPSA) is 99.1 Å². The largest absolute Gasteiger partial charge is 0.507 e. The lowest BCUT2D eigenvalue weighted by Crippen LogP contribution is -2.37. The molecule has 0 unspecified atom stereocenters. The van der Waals surface area contributed by atoms with Crippen molar-refractivity contribution >= 4 is 11.7 Å². The van der Waals surface area contributed by atoms with Crippen LogP contribution in [0.15, 0.2) is 23.4 Å². The Morgan fingerprint density at radius 2 is 2.14 bits per heavy atom. The molecule has 0 aliphatic carbocycles.